The molecule has 2 rings (SSSR count). The van der Waals surface area contributed by atoms with Gasteiger partial charge in [0.15, 0.2) is 0 Å². The predicted octanol–water partition coefficient (Wildman–Crippen LogP) is 3.33. The zero-order chi connectivity index (χ0) is 13.1. The number of aromatic nitrogens is 1. The molecule has 0 aliphatic heterocycles. The van der Waals surface area contributed by atoms with Crippen LogP contribution in [0, 0.1) is 5.82 Å². The quantitative estimate of drug-likeness (QED) is 0.782. The third-order valence-corrected chi connectivity index (χ3v) is 2.66. The Morgan fingerprint density at radius 2 is 2.17 bits per heavy atom. The fourth-order valence-electron chi connectivity index (χ4n) is 1.56. The van der Waals surface area contributed by atoms with Crippen molar-refractivity contribution < 1.29 is 13.9 Å². The summed E-state index contributed by atoms with van der Waals surface area (Å²) in [6.45, 7) is 0. The average molecular weight is 266 g/mol. The average Bonchev–Trinajstić information content (AvgIpc) is 2.37. The summed E-state index contributed by atoms with van der Waals surface area (Å²) in [5.41, 5.74) is 0.971. The number of halogens is 2. The van der Waals surface area contributed by atoms with Crippen molar-refractivity contribution in [1.29, 1.82) is 0 Å². The van der Waals surface area contributed by atoms with E-state index in [2.05, 4.69) is 9.72 Å². The van der Waals surface area contributed by atoms with Gasteiger partial charge in [0.1, 0.15) is 5.82 Å². The number of carbonyl (C=O) groups excluding carboxylic acids is 1. The second kappa shape index (κ2) is 5.14. The molecule has 5 heteroatoms. The molecule has 3 nitrogen and oxygen atoms in total. The van der Waals surface area contributed by atoms with Gasteiger partial charge in [-0.3, -0.25) is 4.98 Å². The summed E-state index contributed by atoms with van der Waals surface area (Å²) >= 11 is 5.98. The Morgan fingerprint density at radius 3 is 2.83 bits per heavy atom. The van der Waals surface area contributed by atoms with Crippen LogP contribution in [0.5, 0.6) is 0 Å². The molecule has 0 atom stereocenters. The van der Waals surface area contributed by atoms with Crippen molar-refractivity contribution >= 4 is 17.6 Å². The normalized spacial score (nSPS) is 10.2. The van der Waals surface area contributed by atoms with Crippen molar-refractivity contribution in [2.75, 3.05) is 7.11 Å². The van der Waals surface area contributed by atoms with E-state index in [9.17, 15) is 9.18 Å². The third kappa shape index (κ3) is 2.49. The smallest absolute Gasteiger partial charge is 0.337 e. The van der Waals surface area contributed by atoms with Crippen LogP contribution in [0.15, 0.2) is 36.5 Å². The fourth-order valence-corrected chi connectivity index (χ4v) is 1.79. The monoisotopic (exact) mass is 265 g/mol. The minimum Gasteiger partial charge on any atom is -0.465 e. The lowest BCUT2D eigenvalue weighted by Gasteiger charge is -2.06. The van der Waals surface area contributed by atoms with Gasteiger partial charge in [-0.05, 0) is 30.3 Å². The van der Waals surface area contributed by atoms with Crippen molar-refractivity contribution in [3.05, 3.63) is 52.9 Å². The molecule has 0 spiro atoms. The fraction of sp³-hybridized carbons (Fsp3) is 0.0769. The molecule has 0 saturated heterocycles. The second-order valence-corrected chi connectivity index (χ2v) is 3.96. The van der Waals surface area contributed by atoms with Gasteiger partial charge in [0.25, 0.3) is 0 Å². The molecule has 18 heavy (non-hydrogen) atoms. The number of hydrogen-bond donors (Lipinski definition) is 0. The molecule has 0 fully saturated rings. The number of rotatable bonds is 2. The lowest BCUT2D eigenvalue weighted by molar-refractivity contribution is 0.0600. The molecule has 1 heterocycles. The van der Waals surface area contributed by atoms with Crippen molar-refractivity contribution in [2.24, 2.45) is 0 Å². The molecule has 1 aromatic heterocycles. The van der Waals surface area contributed by atoms with Crippen molar-refractivity contribution in [3.63, 3.8) is 0 Å². The number of methoxy groups -OCH3 is 1. The van der Waals surface area contributed by atoms with Crippen molar-refractivity contribution in [3.8, 4) is 11.3 Å². The first-order chi connectivity index (χ1) is 8.61. The van der Waals surface area contributed by atoms with Crippen LogP contribution in [0.25, 0.3) is 11.3 Å². The zero-order valence-electron chi connectivity index (χ0n) is 9.48. The Balaban J connectivity index is 2.55. The van der Waals surface area contributed by atoms with Crippen LogP contribution >= 0.6 is 11.6 Å². The lowest BCUT2D eigenvalue weighted by Crippen LogP contribution is -2.02. The highest BCUT2D eigenvalue weighted by molar-refractivity contribution is 6.33. The largest absolute Gasteiger partial charge is 0.465 e. The van der Waals surface area contributed by atoms with Gasteiger partial charge in [0.05, 0.1) is 23.4 Å². The molecule has 0 bridgehead atoms. The third-order valence-electron chi connectivity index (χ3n) is 2.35. The van der Waals surface area contributed by atoms with Gasteiger partial charge in [-0.2, -0.15) is 0 Å². The molecular weight excluding hydrogens is 257 g/mol. The molecular formula is C13H9ClFNO2. The number of carbonyl (C=O) groups is 1. The molecule has 0 N–H and O–H groups in total. The molecule has 0 radical (unpaired) electrons. The Hall–Kier alpha value is -1.94. The van der Waals surface area contributed by atoms with Crippen LogP contribution in [0.1, 0.15) is 10.4 Å². The summed E-state index contributed by atoms with van der Waals surface area (Å²) in [5, 5.41) is 0.388. The van der Waals surface area contributed by atoms with Gasteiger partial charge < -0.3 is 4.74 Å². The van der Waals surface area contributed by atoms with Crippen molar-refractivity contribution in [1.82, 2.24) is 4.98 Å². The molecule has 0 aliphatic carbocycles. The van der Waals surface area contributed by atoms with Gasteiger partial charge in [-0.15, -0.1) is 0 Å². The predicted molar refractivity (Wildman–Crippen MR) is 66.0 cm³/mol. The van der Waals surface area contributed by atoms with Crippen LogP contribution in [-0.4, -0.2) is 18.1 Å². The highest BCUT2D eigenvalue weighted by atomic mass is 35.5. The zero-order valence-corrected chi connectivity index (χ0v) is 10.2. The highest BCUT2D eigenvalue weighted by Gasteiger charge is 2.12. The van der Waals surface area contributed by atoms with Gasteiger partial charge in [0.2, 0.25) is 0 Å². The van der Waals surface area contributed by atoms with E-state index < -0.39 is 11.8 Å². The topological polar surface area (TPSA) is 39.2 Å². The Labute approximate surface area is 108 Å². The molecule has 1 aromatic carbocycles. The number of benzene rings is 1. The summed E-state index contributed by atoms with van der Waals surface area (Å²) in [5.74, 6) is -1.16. The maximum atomic E-state index is 13.5. The first kappa shape index (κ1) is 12.5. The second-order valence-electron chi connectivity index (χ2n) is 3.55. The van der Waals surface area contributed by atoms with Crippen LogP contribution in [-0.2, 0) is 4.74 Å². The molecule has 0 saturated carbocycles. The molecule has 92 valence electrons. The number of hydrogen-bond acceptors (Lipinski definition) is 3. The van der Waals surface area contributed by atoms with Crippen molar-refractivity contribution in [2.45, 2.75) is 0 Å². The number of ether oxygens (including phenoxy) is 1. The van der Waals surface area contributed by atoms with E-state index in [1.54, 1.807) is 18.3 Å². The molecule has 0 aliphatic rings. The summed E-state index contributed by atoms with van der Waals surface area (Å²) in [6.07, 6.45) is 1.55. The van der Waals surface area contributed by atoms with Crippen LogP contribution in [0.2, 0.25) is 5.02 Å². The number of pyridine rings is 1. The number of esters is 1. The van der Waals surface area contributed by atoms with Gasteiger partial charge in [-0.1, -0.05) is 11.6 Å². The molecule has 0 amide bonds. The van der Waals surface area contributed by atoms with E-state index in [0.29, 0.717) is 16.3 Å². The Bertz CT molecular complexity index is 601. The Kier molecular flexibility index (Phi) is 3.58. The van der Waals surface area contributed by atoms with Gasteiger partial charge in [0, 0.05) is 11.8 Å². The van der Waals surface area contributed by atoms with E-state index in [-0.39, 0.29) is 5.56 Å². The summed E-state index contributed by atoms with van der Waals surface area (Å²) in [7, 11) is 1.24. The minimum absolute atomic E-state index is 0.120. The van der Waals surface area contributed by atoms with E-state index in [0.717, 1.165) is 6.07 Å². The first-order valence-corrected chi connectivity index (χ1v) is 5.49. The maximum absolute atomic E-state index is 13.5. The van der Waals surface area contributed by atoms with E-state index in [1.165, 1.54) is 19.2 Å². The Morgan fingerprint density at radius 1 is 1.39 bits per heavy atom. The van der Waals surface area contributed by atoms with E-state index in [1.807, 2.05) is 0 Å². The standard InChI is InChI=1S/C13H9ClFNO2/c1-18-13(17)9-5-8(6-10(15)7-9)12-11(14)3-2-4-16-12/h2-7H,1H3. The van der Waals surface area contributed by atoms with Gasteiger partial charge >= 0.3 is 5.97 Å². The van der Waals surface area contributed by atoms with E-state index in [4.69, 9.17) is 11.6 Å². The number of nitrogens with zero attached hydrogens (tertiary/aromatic N) is 1. The van der Waals surface area contributed by atoms with E-state index >= 15 is 0 Å². The summed E-state index contributed by atoms with van der Waals surface area (Å²) < 4.78 is 18.0. The van der Waals surface area contributed by atoms with Crippen LogP contribution < -0.4 is 0 Å². The van der Waals surface area contributed by atoms with Crippen LogP contribution in [0.3, 0.4) is 0 Å². The SMILES string of the molecule is COC(=O)c1cc(F)cc(-c2ncccc2Cl)c1. The summed E-state index contributed by atoms with van der Waals surface area (Å²) in [6, 6.07) is 7.18. The van der Waals surface area contributed by atoms with Gasteiger partial charge in [-0.25, -0.2) is 9.18 Å². The van der Waals surface area contributed by atoms with Crippen LogP contribution in [0.4, 0.5) is 4.39 Å². The maximum Gasteiger partial charge on any atom is 0.337 e. The summed E-state index contributed by atoms with van der Waals surface area (Å²) in [4.78, 5) is 15.5. The molecule has 0 unspecified atom stereocenters. The molecule has 2 aromatic rings. The minimum atomic E-state index is -0.609. The highest BCUT2D eigenvalue weighted by Crippen LogP contribution is 2.26. The first-order valence-electron chi connectivity index (χ1n) is 5.11. The lowest BCUT2D eigenvalue weighted by atomic mass is 10.1.